The van der Waals surface area contributed by atoms with Crippen LogP contribution in [0.1, 0.15) is 27.0 Å². The molecule has 0 spiro atoms. The summed E-state index contributed by atoms with van der Waals surface area (Å²) in [5.41, 5.74) is 4.07. The van der Waals surface area contributed by atoms with Crippen LogP contribution >= 0.6 is 12.4 Å². The molecule has 1 heterocycles. The summed E-state index contributed by atoms with van der Waals surface area (Å²) in [6.45, 7) is 4.07. The van der Waals surface area contributed by atoms with E-state index in [1.54, 1.807) is 12.3 Å². The highest BCUT2D eigenvalue weighted by Gasteiger charge is 2.03. The van der Waals surface area contributed by atoms with E-state index in [2.05, 4.69) is 11.1 Å². The number of aryl methyl sites for hydroxylation is 2. The molecule has 0 aliphatic heterocycles. The summed E-state index contributed by atoms with van der Waals surface area (Å²) in [5, 5.41) is 2.22. The van der Waals surface area contributed by atoms with Gasteiger partial charge in [-0.3, -0.25) is 9.78 Å². The lowest BCUT2D eigenvalue weighted by molar-refractivity contribution is 0.104. The maximum atomic E-state index is 12.2. The van der Waals surface area contributed by atoms with Crippen LogP contribution in [0.25, 0.3) is 16.8 Å². The van der Waals surface area contributed by atoms with Crippen molar-refractivity contribution < 1.29 is 4.79 Å². The predicted octanol–water partition coefficient (Wildman–Crippen LogP) is 5.17. The molecule has 0 aliphatic carbocycles. The van der Waals surface area contributed by atoms with E-state index in [1.807, 2.05) is 62.5 Å². The first-order valence-corrected chi connectivity index (χ1v) is 7.27. The highest BCUT2D eigenvalue weighted by Crippen LogP contribution is 2.16. The van der Waals surface area contributed by atoms with Crippen LogP contribution in [0, 0.1) is 13.8 Å². The van der Waals surface area contributed by atoms with Crippen molar-refractivity contribution in [2.45, 2.75) is 13.8 Å². The molecule has 2 nitrogen and oxygen atoms in total. The van der Waals surface area contributed by atoms with Crippen LogP contribution in [0.3, 0.4) is 0 Å². The smallest absolute Gasteiger partial charge is 0.185 e. The molecule has 3 aromatic rings. The molecule has 0 saturated heterocycles. The molecule has 116 valence electrons. The molecule has 0 bridgehead atoms. The third-order valence-electron chi connectivity index (χ3n) is 3.88. The van der Waals surface area contributed by atoms with Gasteiger partial charge in [0.05, 0.1) is 0 Å². The Kier molecular flexibility index (Phi) is 5.30. The van der Waals surface area contributed by atoms with Crippen LogP contribution in [-0.2, 0) is 0 Å². The number of hydrogen-bond acceptors (Lipinski definition) is 2. The fourth-order valence-corrected chi connectivity index (χ4v) is 2.37. The first kappa shape index (κ1) is 16.9. The van der Waals surface area contributed by atoms with Gasteiger partial charge in [-0.25, -0.2) is 0 Å². The fraction of sp³-hybridized carbons (Fsp3) is 0.100. The maximum Gasteiger partial charge on any atom is 0.185 e. The molecule has 23 heavy (non-hydrogen) atoms. The molecule has 0 radical (unpaired) electrons. The second kappa shape index (κ2) is 7.21. The van der Waals surface area contributed by atoms with Crippen molar-refractivity contribution in [2.24, 2.45) is 0 Å². The van der Waals surface area contributed by atoms with Crippen LogP contribution in [0.15, 0.2) is 60.9 Å². The zero-order valence-corrected chi connectivity index (χ0v) is 13.9. The van der Waals surface area contributed by atoms with Gasteiger partial charge in [-0.1, -0.05) is 30.3 Å². The van der Waals surface area contributed by atoms with E-state index in [1.165, 1.54) is 5.56 Å². The van der Waals surface area contributed by atoms with Gasteiger partial charge in [0.25, 0.3) is 0 Å². The van der Waals surface area contributed by atoms with Gasteiger partial charge in [0.15, 0.2) is 5.78 Å². The molecule has 2 aromatic carbocycles. The van der Waals surface area contributed by atoms with Crippen molar-refractivity contribution >= 4 is 35.0 Å². The van der Waals surface area contributed by atoms with Gasteiger partial charge < -0.3 is 0 Å². The lowest BCUT2D eigenvalue weighted by atomic mass is 10.0. The first-order valence-electron chi connectivity index (χ1n) is 7.27. The third kappa shape index (κ3) is 3.85. The monoisotopic (exact) mass is 323 g/mol. The van der Waals surface area contributed by atoms with Crippen LogP contribution in [0.5, 0.6) is 0 Å². The SMILES string of the molecule is Cc1ccc(C(=O)/C=C/c2ccc3cnccc3c2)cc1C.Cl. The van der Waals surface area contributed by atoms with E-state index >= 15 is 0 Å². The normalized spacial score (nSPS) is 10.7. The number of benzene rings is 2. The number of aromatic nitrogens is 1. The van der Waals surface area contributed by atoms with Gasteiger partial charge in [0.2, 0.25) is 0 Å². The quantitative estimate of drug-likeness (QED) is 0.491. The zero-order chi connectivity index (χ0) is 15.5. The number of hydrogen-bond donors (Lipinski definition) is 0. The van der Waals surface area contributed by atoms with Gasteiger partial charge in [0, 0.05) is 23.3 Å². The first-order chi connectivity index (χ1) is 10.6. The van der Waals surface area contributed by atoms with Crippen molar-refractivity contribution in [3.05, 3.63) is 83.2 Å². The summed E-state index contributed by atoms with van der Waals surface area (Å²) in [6, 6.07) is 13.8. The summed E-state index contributed by atoms with van der Waals surface area (Å²) in [4.78, 5) is 16.3. The second-order valence-electron chi connectivity index (χ2n) is 5.48. The Morgan fingerprint density at radius 2 is 1.78 bits per heavy atom. The van der Waals surface area contributed by atoms with Crippen LogP contribution < -0.4 is 0 Å². The molecule has 0 aliphatic rings. The summed E-state index contributed by atoms with van der Waals surface area (Å²) in [5.74, 6) is 0.0259. The Morgan fingerprint density at radius 1 is 0.957 bits per heavy atom. The number of carbonyl (C=O) groups excluding carboxylic acids is 1. The average Bonchev–Trinajstić information content (AvgIpc) is 2.55. The number of pyridine rings is 1. The van der Waals surface area contributed by atoms with Crippen LogP contribution in [0.4, 0.5) is 0 Å². The Morgan fingerprint density at radius 3 is 2.57 bits per heavy atom. The molecular formula is C20H18ClNO. The largest absolute Gasteiger partial charge is 0.289 e. The summed E-state index contributed by atoms with van der Waals surface area (Å²) in [7, 11) is 0. The van der Waals surface area contributed by atoms with E-state index in [0.717, 1.165) is 27.5 Å². The highest BCUT2D eigenvalue weighted by atomic mass is 35.5. The number of allylic oxidation sites excluding steroid dienone is 1. The minimum absolute atomic E-state index is 0. The van der Waals surface area contributed by atoms with Crippen LogP contribution in [-0.4, -0.2) is 10.8 Å². The second-order valence-corrected chi connectivity index (χ2v) is 5.48. The molecule has 0 fully saturated rings. The third-order valence-corrected chi connectivity index (χ3v) is 3.88. The lowest BCUT2D eigenvalue weighted by Gasteiger charge is -2.02. The molecule has 3 rings (SSSR count). The van der Waals surface area contributed by atoms with E-state index in [-0.39, 0.29) is 18.2 Å². The summed E-state index contributed by atoms with van der Waals surface area (Å²) in [6.07, 6.45) is 7.10. The topological polar surface area (TPSA) is 30.0 Å². The van der Waals surface area contributed by atoms with E-state index in [4.69, 9.17) is 0 Å². The average molecular weight is 324 g/mol. The van der Waals surface area contributed by atoms with E-state index in [9.17, 15) is 4.79 Å². The maximum absolute atomic E-state index is 12.2. The molecule has 0 unspecified atom stereocenters. The van der Waals surface area contributed by atoms with Crippen LogP contribution in [0.2, 0.25) is 0 Å². The van der Waals surface area contributed by atoms with Gasteiger partial charge in [0.1, 0.15) is 0 Å². The fourth-order valence-electron chi connectivity index (χ4n) is 2.37. The number of carbonyl (C=O) groups is 1. The van der Waals surface area contributed by atoms with Gasteiger partial charge in [-0.2, -0.15) is 0 Å². The minimum Gasteiger partial charge on any atom is -0.289 e. The Labute approximate surface area is 142 Å². The molecule has 3 heteroatoms. The van der Waals surface area contributed by atoms with Crippen molar-refractivity contribution in [1.29, 1.82) is 0 Å². The summed E-state index contributed by atoms with van der Waals surface area (Å²) < 4.78 is 0. The number of fused-ring (bicyclic) bond motifs is 1. The van der Waals surface area contributed by atoms with E-state index < -0.39 is 0 Å². The standard InChI is InChI=1S/C20H17NO.ClH/c1-14-3-6-18(11-15(14)2)20(22)8-5-16-4-7-19-13-21-10-9-17(19)12-16;/h3-13H,1-2H3;1H/b8-5+;. The Bertz CT molecular complexity index is 884. The molecule has 0 amide bonds. The molecule has 0 atom stereocenters. The van der Waals surface area contributed by atoms with Crippen molar-refractivity contribution in [3.63, 3.8) is 0 Å². The zero-order valence-electron chi connectivity index (χ0n) is 13.1. The number of halogens is 1. The molecule has 0 saturated carbocycles. The van der Waals surface area contributed by atoms with Crippen molar-refractivity contribution in [3.8, 4) is 0 Å². The number of nitrogens with zero attached hydrogens (tertiary/aromatic N) is 1. The summed E-state index contributed by atoms with van der Waals surface area (Å²) >= 11 is 0. The Hall–Kier alpha value is -2.45. The van der Waals surface area contributed by atoms with E-state index in [0.29, 0.717) is 0 Å². The molecular weight excluding hydrogens is 306 g/mol. The van der Waals surface area contributed by atoms with Gasteiger partial charge in [-0.15, -0.1) is 12.4 Å². The number of rotatable bonds is 3. The highest BCUT2D eigenvalue weighted by molar-refractivity contribution is 6.07. The molecule has 0 N–H and O–H groups in total. The predicted molar refractivity (Wildman–Crippen MR) is 98.3 cm³/mol. The van der Waals surface area contributed by atoms with Crippen molar-refractivity contribution in [1.82, 2.24) is 4.98 Å². The Balaban J connectivity index is 0.00000192. The van der Waals surface area contributed by atoms with Gasteiger partial charge in [-0.05, 0) is 60.2 Å². The number of ketones is 1. The van der Waals surface area contributed by atoms with Crippen molar-refractivity contribution in [2.75, 3.05) is 0 Å². The molecule has 1 aromatic heterocycles. The lowest BCUT2D eigenvalue weighted by Crippen LogP contribution is -1.95. The van der Waals surface area contributed by atoms with Gasteiger partial charge >= 0.3 is 0 Å². The minimum atomic E-state index is 0.